The van der Waals surface area contributed by atoms with Gasteiger partial charge in [0.05, 0.1) is 14.2 Å². The van der Waals surface area contributed by atoms with E-state index < -0.39 is 30.4 Å². The quantitative estimate of drug-likeness (QED) is 0.519. The summed E-state index contributed by atoms with van der Waals surface area (Å²) in [6.07, 6.45) is 3.48. The Morgan fingerprint density at radius 1 is 1.23 bits per heavy atom. The van der Waals surface area contributed by atoms with Crippen LogP contribution >= 0.6 is 0 Å². The van der Waals surface area contributed by atoms with Crippen molar-refractivity contribution < 1.29 is 33.7 Å². The SMILES string of the molecule is C/C=C/CC(NC(=O)c1cc(OC)c(OCC(N)=O)c(OC)c1)C(=O)O. The van der Waals surface area contributed by atoms with Crippen LogP contribution in [0.2, 0.25) is 0 Å². The number of nitrogens with two attached hydrogens (primary N) is 1. The number of aliphatic carboxylic acids is 1. The number of carbonyl (C=O) groups is 3. The zero-order valence-corrected chi connectivity index (χ0v) is 14.8. The van der Waals surface area contributed by atoms with E-state index in [0.29, 0.717) is 0 Å². The topological polar surface area (TPSA) is 137 Å². The maximum absolute atomic E-state index is 12.4. The second-order valence-electron chi connectivity index (χ2n) is 5.13. The molecule has 1 aromatic carbocycles. The Bertz CT molecular complexity index is 675. The fourth-order valence-corrected chi connectivity index (χ4v) is 2.03. The molecule has 4 N–H and O–H groups in total. The van der Waals surface area contributed by atoms with E-state index in [0.717, 1.165) is 0 Å². The second-order valence-corrected chi connectivity index (χ2v) is 5.13. The number of rotatable bonds is 10. The molecule has 0 aliphatic rings. The van der Waals surface area contributed by atoms with E-state index in [1.165, 1.54) is 26.4 Å². The lowest BCUT2D eigenvalue weighted by molar-refractivity contribution is -0.139. The summed E-state index contributed by atoms with van der Waals surface area (Å²) in [7, 11) is 2.69. The smallest absolute Gasteiger partial charge is 0.326 e. The van der Waals surface area contributed by atoms with Crippen LogP contribution in [-0.4, -0.2) is 49.8 Å². The van der Waals surface area contributed by atoms with Crippen molar-refractivity contribution in [2.45, 2.75) is 19.4 Å². The van der Waals surface area contributed by atoms with Gasteiger partial charge < -0.3 is 30.4 Å². The summed E-state index contributed by atoms with van der Waals surface area (Å²) in [5, 5.41) is 11.6. The first-order valence-electron chi connectivity index (χ1n) is 7.65. The number of primary amides is 1. The monoisotopic (exact) mass is 366 g/mol. The molecule has 9 nitrogen and oxygen atoms in total. The van der Waals surface area contributed by atoms with Gasteiger partial charge in [-0.3, -0.25) is 9.59 Å². The standard InChI is InChI=1S/C17H22N2O7/c1-4-5-6-11(17(22)23)19-16(21)10-7-12(24-2)15(13(8-10)25-3)26-9-14(18)20/h4-5,7-8,11H,6,9H2,1-3H3,(H2,18,20)(H,19,21)(H,22,23)/b5-4+. The number of nitrogens with one attached hydrogen (secondary N) is 1. The van der Waals surface area contributed by atoms with Crippen LogP contribution in [0.3, 0.4) is 0 Å². The molecule has 0 saturated heterocycles. The Balaban J connectivity index is 3.13. The van der Waals surface area contributed by atoms with Gasteiger partial charge in [0.2, 0.25) is 5.75 Å². The van der Waals surface area contributed by atoms with Gasteiger partial charge in [0, 0.05) is 5.56 Å². The van der Waals surface area contributed by atoms with E-state index in [-0.39, 0.29) is 29.2 Å². The molecule has 2 amide bonds. The lowest BCUT2D eigenvalue weighted by atomic mass is 10.1. The lowest BCUT2D eigenvalue weighted by Crippen LogP contribution is -2.40. The zero-order chi connectivity index (χ0) is 19.7. The molecule has 0 aromatic heterocycles. The van der Waals surface area contributed by atoms with E-state index in [1.54, 1.807) is 19.1 Å². The molecule has 0 radical (unpaired) electrons. The third-order valence-corrected chi connectivity index (χ3v) is 3.29. The molecule has 1 rings (SSSR count). The van der Waals surface area contributed by atoms with Gasteiger partial charge in [0.25, 0.3) is 11.8 Å². The molecule has 0 saturated carbocycles. The van der Waals surface area contributed by atoms with Gasteiger partial charge in [0.1, 0.15) is 6.04 Å². The van der Waals surface area contributed by atoms with Crippen LogP contribution in [0.15, 0.2) is 24.3 Å². The first-order chi connectivity index (χ1) is 12.3. The number of benzene rings is 1. The zero-order valence-electron chi connectivity index (χ0n) is 14.8. The van der Waals surface area contributed by atoms with Crippen molar-refractivity contribution in [2.24, 2.45) is 5.73 Å². The van der Waals surface area contributed by atoms with Crippen LogP contribution in [0.25, 0.3) is 0 Å². The van der Waals surface area contributed by atoms with Gasteiger partial charge in [-0.2, -0.15) is 0 Å². The molecule has 0 aliphatic carbocycles. The van der Waals surface area contributed by atoms with Crippen LogP contribution in [-0.2, 0) is 9.59 Å². The molecule has 9 heteroatoms. The first-order valence-corrected chi connectivity index (χ1v) is 7.65. The fraction of sp³-hybridized carbons (Fsp3) is 0.353. The number of methoxy groups -OCH3 is 2. The molecular formula is C17H22N2O7. The fourth-order valence-electron chi connectivity index (χ4n) is 2.03. The molecule has 1 aromatic rings. The molecule has 1 unspecified atom stereocenters. The number of carboxylic acid groups (broad SMARTS) is 1. The van der Waals surface area contributed by atoms with E-state index in [9.17, 15) is 19.5 Å². The van der Waals surface area contributed by atoms with Gasteiger partial charge >= 0.3 is 5.97 Å². The van der Waals surface area contributed by atoms with Crippen molar-refractivity contribution in [2.75, 3.05) is 20.8 Å². The molecule has 0 aliphatic heterocycles. The van der Waals surface area contributed by atoms with Crippen molar-refractivity contribution in [1.29, 1.82) is 0 Å². The van der Waals surface area contributed by atoms with E-state index >= 15 is 0 Å². The summed E-state index contributed by atoms with van der Waals surface area (Å²) in [6, 6.07) is 1.62. The summed E-state index contributed by atoms with van der Waals surface area (Å²) in [6.45, 7) is 1.35. The maximum Gasteiger partial charge on any atom is 0.326 e. The van der Waals surface area contributed by atoms with Crippen LogP contribution in [0, 0.1) is 0 Å². The molecule has 0 spiro atoms. The molecule has 1 atom stereocenters. The highest BCUT2D eigenvalue weighted by atomic mass is 16.5. The predicted octanol–water partition coefficient (Wildman–Crippen LogP) is 0.717. The van der Waals surface area contributed by atoms with Crippen molar-refractivity contribution in [3.05, 3.63) is 29.8 Å². The first kappa shape index (κ1) is 20.8. The minimum Gasteiger partial charge on any atom is -0.493 e. The average Bonchev–Trinajstić information content (AvgIpc) is 2.61. The minimum absolute atomic E-state index is 0.106. The third kappa shape index (κ3) is 5.69. The molecule has 0 bridgehead atoms. The summed E-state index contributed by atoms with van der Waals surface area (Å²) < 4.78 is 15.6. The highest BCUT2D eigenvalue weighted by molar-refractivity contribution is 5.97. The predicted molar refractivity (Wildman–Crippen MR) is 92.6 cm³/mol. The van der Waals surface area contributed by atoms with E-state index in [2.05, 4.69) is 5.32 Å². The summed E-state index contributed by atoms with van der Waals surface area (Å²) >= 11 is 0. The molecule has 0 heterocycles. The van der Waals surface area contributed by atoms with E-state index in [1.807, 2.05) is 0 Å². The summed E-state index contributed by atoms with van der Waals surface area (Å²) in [4.78, 5) is 34.6. The number of carboxylic acids is 1. The number of allylic oxidation sites excluding steroid dienone is 1. The van der Waals surface area contributed by atoms with E-state index in [4.69, 9.17) is 19.9 Å². The second kappa shape index (κ2) is 9.92. The molecule has 26 heavy (non-hydrogen) atoms. The highest BCUT2D eigenvalue weighted by Gasteiger charge is 2.22. The van der Waals surface area contributed by atoms with Crippen molar-refractivity contribution in [3.8, 4) is 17.2 Å². The van der Waals surface area contributed by atoms with Crippen LogP contribution in [0.5, 0.6) is 17.2 Å². The number of ether oxygens (including phenoxy) is 3. The van der Waals surface area contributed by atoms with Gasteiger partial charge in [-0.1, -0.05) is 12.2 Å². The van der Waals surface area contributed by atoms with Crippen LogP contribution in [0.4, 0.5) is 0 Å². The Hall–Kier alpha value is -3.23. The highest BCUT2D eigenvalue weighted by Crippen LogP contribution is 2.38. The maximum atomic E-state index is 12.4. The average molecular weight is 366 g/mol. The third-order valence-electron chi connectivity index (χ3n) is 3.29. The number of amides is 2. The molecule has 0 fully saturated rings. The number of hydrogen-bond acceptors (Lipinski definition) is 6. The molecule has 142 valence electrons. The Labute approximate surface area is 150 Å². The van der Waals surface area contributed by atoms with Crippen molar-refractivity contribution >= 4 is 17.8 Å². The Morgan fingerprint density at radius 3 is 2.23 bits per heavy atom. The van der Waals surface area contributed by atoms with Gasteiger partial charge in [-0.15, -0.1) is 0 Å². The summed E-state index contributed by atoms with van der Waals surface area (Å²) in [5.41, 5.74) is 5.16. The van der Waals surface area contributed by atoms with Gasteiger partial charge in [-0.25, -0.2) is 4.79 Å². The normalized spacial score (nSPS) is 11.7. The van der Waals surface area contributed by atoms with Crippen molar-refractivity contribution in [1.82, 2.24) is 5.32 Å². The lowest BCUT2D eigenvalue weighted by Gasteiger charge is -2.17. The minimum atomic E-state index is -1.16. The van der Waals surface area contributed by atoms with Gasteiger partial charge in [0.15, 0.2) is 18.1 Å². The Morgan fingerprint density at radius 2 is 1.81 bits per heavy atom. The van der Waals surface area contributed by atoms with Crippen LogP contribution < -0.4 is 25.3 Å². The number of carbonyl (C=O) groups excluding carboxylic acids is 2. The van der Waals surface area contributed by atoms with Gasteiger partial charge in [-0.05, 0) is 25.5 Å². The van der Waals surface area contributed by atoms with Crippen molar-refractivity contribution in [3.63, 3.8) is 0 Å². The Kier molecular flexibility index (Phi) is 7.94. The largest absolute Gasteiger partial charge is 0.493 e. The van der Waals surface area contributed by atoms with Crippen LogP contribution in [0.1, 0.15) is 23.7 Å². The molecular weight excluding hydrogens is 344 g/mol. The number of hydrogen-bond donors (Lipinski definition) is 3. The summed E-state index contributed by atoms with van der Waals surface area (Å²) in [5.74, 6) is -2.10.